The molecule has 1 unspecified atom stereocenters. The second-order valence-corrected chi connectivity index (χ2v) is 5.01. The molecule has 1 aromatic rings. The van der Waals surface area contributed by atoms with Crippen molar-refractivity contribution in [3.63, 3.8) is 0 Å². The van der Waals surface area contributed by atoms with E-state index in [4.69, 9.17) is 34.3 Å². The molecular formula is C11H11ClFN3O2S. The maximum Gasteiger partial charge on any atom is 0.267 e. The molecular weight excluding hydrogens is 293 g/mol. The molecule has 0 bridgehead atoms. The van der Waals surface area contributed by atoms with Crippen LogP contribution in [0.15, 0.2) is 12.1 Å². The summed E-state index contributed by atoms with van der Waals surface area (Å²) in [5.74, 6) is -0.703. The minimum atomic E-state index is -1.17. The second-order valence-electron chi connectivity index (χ2n) is 4.16. The molecule has 2 heterocycles. The van der Waals surface area contributed by atoms with E-state index in [2.05, 4.69) is 10.3 Å². The molecule has 0 saturated carbocycles. The van der Waals surface area contributed by atoms with Crippen LogP contribution in [0.25, 0.3) is 0 Å². The Labute approximate surface area is 119 Å². The zero-order chi connectivity index (χ0) is 14.0. The van der Waals surface area contributed by atoms with Gasteiger partial charge in [0.1, 0.15) is 28.0 Å². The summed E-state index contributed by atoms with van der Waals surface area (Å²) in [4.78, 5) is 15.2. The van der Waals surface area contributed by atoms with Crippen LogP contribution in [0.2, 0.25) is 5.15 Å². The minimum absolute atomic E-state index is 0.00486. The van der Waals surface area contributed by atoms with Gasteiger partial charge in [-0.3, -0.25) is 4.79 Å². The Kier molecular flexibility index (Phi) is 3.98. The van der Waals surface area contributed by atoms with E-state index in [0.29, 0.717) is 10.6 Å². The maximum atomic E-state index is 13.5. The van der Waals surface area contributed by atoms with Gasteiger partial charge in [-0.05, 0) is 6.07 Å². The molecule has 0 radical (unpaired) electrons. The van der Waals surface area contributed by atoms with E-state index in [9.17, 15) is 9.18 Å². The number of nitrogens with one attached hydrogen (secondary N) is 1. The van der Waals surface area contributed by atoms with Gasteiger partial charge in [-0.15, -0.1) is 0 Å². The summed E-state index contributed by atoms with van der Waals surface area (Å²) in [6.07, 6.45) is 0. The van der Waals surface area contributed by atoms with Crippen LogP contribution in [0, 0.1) is 0 Å². The summed E-state index contributed by atoms with van der Waals surface area (Å²) >= 11 is 11.0. The van der Waals surface area contributed by atoms with Gasteiger partial charge in [-0.1, -0.05) is 29.9 Å². The number of aromatic nitrogens is 1. The van der Waals surface area contributed by atoms with Crippen LogP contribution in [0.4, 0.5) is 4.39 Å². The lowest BCUT2D eigenvalue weighted by atomic mass is 9.92. The van der Waals surface area contributed by atoms with Crippen LogP contribution in [0.1, 0.15) is 16.1 Å². The number of nitrogens with two attached hydrogens (primary N) is 1. The minimum Gasteiger partial charge on any atom is -0.371 e. The van der Waals surface area contributed by atoms with E-state index in [1.807, 2.05) is 0 Å². The molecule has 19 heavy (non-hydrogen) atoms. The predicted octanol–water partition coefficient (Wildman–Crippen LogP) is 0.946. The van der Waals surface area contributed by atoms with Gasteiger partial charge in [0.25, 0.3) is 5.91 Å². The molecule has 1 aliphatic rings. The van der Waals surface area contributed by atoms with Crippen molar-refractivity contribution < 1.29 is 13.9 Å². The number of primary amides is 1. The van der Waals surface area contributed by atoms with E-state index < -0.39 is 18.1 Å². The fraction of sp³-hybridized carbons (Fsp3) is 0.364. The maximum absolute atomic E-state index is 13.5. The lowest BCUT2D eigenvalue weighted by Gasteiger charge is -2.37. The normalized spacial score (nSPS) is 22.9. The molecule has 1 atom stereocenters. The Morgan fingerprint density at radius 3 is 2.95 bits per heavy atom. The third-order valence-corrected chi connectivity index (χ3v) is 3.31. The second kappa shape index (κ2) is 5.36. The molecule has 102 valence electrons. The first kappa shape index (κ1) is 14.1. The van der Waals surface area contributed by atoms with E-state index in [-0.39, 0.29) is 24.1 Å². The number of carbonyl (C=O) groups excluding carboxylic acids is 1. The smallest absolute Gasteiger partial charge is 0.267 e. The number of thiocarbonyl (C=S) groups is 1. The Morgan fingerprint density at radius 1 is 1.68 bits per heavy atom. The van der Waals surface area contributed by atoms with Crippen LogP contribution >= 0.6 is 23.8 Å². The topological polar surface area (TPSA) is 77.2 Å². The number of amides is 1. The van der Waals surface area contributed by atoms with Gasteiger partial charge in [0.2, 0.25) is 0 Å². The number of morpholine rings is 1. The standard InChI is InChI=1S/C11H11ClFN3O2S/c12-9-6(1-2-7(15-9)10(14)17)11(4-13)5-18-3-8(19)16-11/h1-2H,3-5H2,(H2,14,17)(H,16,19). The molecule has 1 amide bonds. The third-order valence-electron chi connectivity index (χ3n) is 2.81. The van der Waals surface area contributed by atoms with Gasteiger partial charge >= 0.3 is 0 Å². The third kappa shape index (κ3) is 2.68. The van der Waals surface area contributed by atoms with Crippen molar-refractivity contribution in [2.45, 2.75) is 5.54 Å². The average Bonchev–Trinajstić information content (AvgIpc) is 2.38. The summed E-state index contributed by atoms with van der Waals surface area (Å²) in [5.41, 5.74) is 4.33. The monoisotopic (exact) mass is 303 g/mol. The lowest BCUT2D eigenvalue weighted by Crippen LogP contribution is -2.55. The highest BCUT2D eigenvalue weighted by Gasteiger charge is 2.39. The van der Waals surface area contributed by atoms with E-state index >= 15 is 0 Å². The average molecular weight is 304 g/mol. The summed E-state index contributed by atoms with van der Waals surface area (Å²) in [7, 11) is 0. The van der Waals surface area contributed by atoms with Crippen molar-refractivity contribution in [1.82, 2.24) is 10.3 Å². The summed E-state index contributed by atoms with van der Waals surface area (Å²) < 4.78 is 18.7. The Bertz CT molecular complexity index is 543. The molecule has 1 saturated heterocycles. The molecule has 1 aromatic heterocycles. The van der Waals surface area contributed by atoms with Crippen molar-refractivity contribution in [2.75, 3.05) is 19.9 Å². The number of nitrogens with zero attached hydrogens (tertiary/aromatic N) is 1. The van der Waals surface area contributed by atoms with Crippen LogP contribution in [-0.2, 0) is 10.3 Å². The fourth-order valence-electron chi connectivity index (χ4n) is 1.87. The van der Waals surface area contributed by atoms with Crippen molar-refractivity contribution in [3.8, 4) is 0 Å². The van der Waals surface area contributed by atoms with Gasteiger partial charge in [0, 0.05) is 5.56 Å². The Morgan fingerprint density at radius 2 is 2.42 bits per heavy atom. The summed E-state index contributed by atoms with van der Waals surface area (Å²) in [6, 6.07) is 2.89. The Hall–Kier alpha value is -1.31. The van der Waals surface area contributed by atoms with Gasteiger partial charge in [0.05, 0.1) is 13.2 Å². The zero-order valence-corrected chi connectivity index (χ0v) is 11.4. The SMILES string of the molecule is NC(=O)c1ccc(C2(CF)COCC(=S)N2)c(Cl)n1. The molecule has 8 heteroatoms. The molecule has 2 rings (SSSR count). The van der Waals surface area contributed by atoms with Crippen molar-refractivity contribution in [3.05, 3.63) is 28.5 Å². The quantitative estimate of drug-likeness (QED) is 0.642. The molecule has 0 aromatic carbocycles. The molecule has 1 fully saturated rings. The number of pyridine rings is 1. The number of hydrogen-bond acceptors (Lipinski definition) is 4. The van der Waals surface area contributed by atoms with Gasteiger partial charge in [-0.25, -0.2) is 9.37 Å². The van der Waals surface area contributed by atoms with Crippen LogP contribution in [0.5, 0.6) is 0 Å². The number of hydrogen-bond donors (Lipinski definition) is 2. The van der Waals surface area contributed by atoms with Gasteiger partial charge in [-0.2, -0.15) is 0 Å². The van der Waals surface area contributed by atoms with Gasteiger partial charge in [0.15, 0.2) is 0 Å². The molecule has 0 spiro atoms. The van der Waals surface area contributed by atoms with Crippen LogP contribution < -0.4 is 11.1 Å². The molecule has 0 aliphatic carbocycles. The first-order valence-electron chi connectivity index (χ1n) is 5.40. The van der Waals surface area contributed by atoms with Crippen molar-refractivity contribution in [1.29, 1.82) is 0 Å². The zero-order valence-electron chi connectivity index (χ0n) is 9.78. The molecule has 3 N–H and O–H groups in total. The summed E-state index contributed by atoms with van der Waals surface area (Å²) in [6.45, 7) is -0.465. The first-order valence-corrected chi connectivity index (χ1v) is 6.19. The van der Waals surface area contributed by atoms with Crippen LogP contribution in [0.3, 0.4) is 0 Å². The highest BCUT2D eigenvalue weighted by atomic mass is 35.5. The first-order chi connectivity index (χ1) is 8.98. The van der Waals surface area contributed by atoms with E-state index in [1.54, 1.807) is 0 Å². The fourth-order valence-corrected chi connectivity index (χ4v) is 2.49. The van der Waals surface area contributed by atoms with Gasteiger partial charge < -0.3 is 15.8 Å². The highest BCUT2D eigenvalue weighted by molar-refractivity contribution is 7.80. The Balaban J connectivity index is 2.43. The lowest BCUT2D eigenvalue weighted by molar-refractivity contribution is 0.0631. The number of ether oxygens (including phenoxy) is 1. The van der Waals surface area contributed by atoms with Crippen molar-refractivity contribution in [2.24, 2.45) is 5.73 Å². The summed E-state index contributed by atoms with van der Waals surface area (Å²) in [5, 5.41) is 2.87. The number of alkyl halides is 1. The van der Waals surface area contributed by atoms with Crippen molar-refractivity contribution >= 4 is 34.7 Å². The molecule has 5 nitrogen and oxygen atoms in total. The van der Waals surface area contributed by atoms with Crippen LogP contribution in [-0.4, -0.2) is 35.8 Å². The largest absolute Gasteiger partial charge is 0.371 e. The van der Waals surface area contributed by atoms with E-state index in [1.165, 1.54) is 12.1 Å². The number of halogens is 2. The number of carbonyl (C=O) groups is 1. The predicted molar refractivity (Wildman–Crippen MR) is 72.0 cm³/mol. The van der Waals surface area contributed by atoms with E-state index in [0.717, 1.165) is 0 Å². The molecule has 1 aliphatic heterocycles. The highest BCUT2D eigenvalue weighted by Crippen LogP contribution is 2.30. The number of rotatable bonds is 3.